The SMILES string of the molecule is COc1cc(CO)ccc1OC(=O)c1ccccc1.COc1cc(CO[Si](C)(C)C(C)(C)C)ccc1OC(=O)c1ccccc1. The van der Waals surface area contributed by atoms with Gasteiger partial charge in [-0.25, -0.2) is 9.59 Å². The van der Waals surface area contributed by atoms with Gasteiger partial charge in [-0.1, -0.05) is 69.3 Å². The lowest BCUT2D eigenvalue weighted by Crippen LogP contribution is -2.40. The quantitative estimate of drug-likeness (QED) is 0.107. The zero-order valence-electron chi connectivity index (χ0n) is 27.0. The van der Waals surface area contributed by atoms with Crippen molar-refractivity contribution < 1.29 is 38.1 Å². The first-order chi connectivity index (χ1) is 21.4. The molecule has 0 aliphatic rings. The van der Waals surface area contributed by atoms with Crippen LogP contribution in [0.1, 0.15) is 52.6 Å². The number of hydrogen-bond acceptors (Lipinski definition) is 8. The molecular weight excluding hydrogens is 588 g/mol. The van der Waals surface area contributed by atoms with Gasteiger partial charge in [-0.2, -0.15) is 0 Å². The standard InChI is InChI=1S/C21H28O4Si.C15H14O4/c1-21(2,3)26(5,6)24-15-16-12-13-18(19(14-16)23-4)25-20(22)17-10-8-7-9-11-17;1-18-14-9-11(10-16)7-8-13(14)19-15(17)12-5-3-2-4-6-12/h7-14H,15H2,1-6H3;2-9,16H,10H2,1H3. The molecule has 0 aliphatic carbocycles. The maximum absolute atomic E-state index is 12.2. The molecule has 0 spiro atoms. The van der Waals surface area contributed by atoms with Crippen LogP contribution in [0.5, 0.6) is 23.0 Å². The van der Waals surface area contributed by atoms with E-state index in [0.717, 1.165) is 5.56 Å². The number of methoxy groups -OCH3 is 2. The zero-order valence-corrected chi connectivity index (χ0v) is 28.0. The minimum Gasteiger partial charge on any atom is -0.493 e. The van der Waals surface area contributed by atoms with Gasteiger partial charge in [-0.3, -0.25) is 0 Å². The molecule has 0 atom stereocenters. The molecule has 0 bridgehead atoms. The van der Waals surface area contributed by atoms with Crippen molar-refractivity contribution in [2.24, 2.45) is 0 Å². The summed E-state index contributed by atoms with van der Waals surface area (Å²) in [6.07, 6.45) is 0. The first-order valence-electron chi connectivity index (χ1n) is 14.5. The summed E-state index contributed by atoms with van der Waals surface area (Å²) in [6.45, 7) is 11.5. The second-order valence-corrected chi connectivity index (χ2v) is 16.5. The van der Waals surface area contributed by atoms with Crippen molar-refractivity contribution in [2.75, 3.05) is 14.2 Å². The van der Waals surface area contributed by atoms with E-state index in [9.17, 15) is 9.59 Å². The van der Waals surface area contributed by atoms with E-state index in [4.69, 9.17) is 28.5 Å². The summed E-state index contributed by atoms with van der Waals surface area (Å²) in [6, 6.07) is 28.0. The summed E-state index contributed by atoms with van der Waals surface area (Å²) in [5.41, 5.74) is 2.65. The van der Waals surface area contributed by atoms with Crippen molar-refractivity contribution in [1.82, 2.24) is 0 Å². The van der Waals surface area contributed by atoms with Crippen molar-refractivity contribution in [3.8, 4) is 23.0 Å². The Morgan fingerprint density at radius 2 is 1.07 bits per heavy atom. The van der Waals surface area contributed by atoms with Crippen LogP contribution in [0.15, 0.2) is 97.1 Å². The summed E-state index contributed by atoms with van der Waals surface area (Å²) in [5, 5.41) is 9.20. The predicted molar refractivity (Wildman–Crippen MR) is 177 cm³/mol. The molecule has 0 saturated carbocycles. The average molecular weight is 631 g/mol. The molecule has 8 nitrogen and oxygen atoms in total. The lowest BCUT2D eigenvalue weighted by atomic mass is 10.2. The molecular formula is C36H42O8Si. The molecule has 0 amide bonds. The fourth-order valence-corrected chi connectivity index (χ4v) is 4.69. The molecule has 0 aliphatic heterocycles. The highest BCUT2D eigenvalue weighted by Crippen LogP contribution is 2.37. The number of rotatable bonds is 10. The molecule has 0 radical (unpaired) electrons. The van der Waals surface area contributed by atoms with Gasteiger partial charge in [0.15, 0.2) is 31.3 Å². The van der Waals surface area contributed by atoms with Gasteiger partial charge < -0.3 is 28.5 Å². The van der Waals surface area contributed by atoms with Crippen molar-refractivity contribution >= 4 is 20.3 Å². The van der Waals surface area contributed by atoms with Crippen molar-refractivity contribution in [2.45, 2.75) is 52.1 Å². The van der Waals surface area contributed by atoms with Gasteiger partial charge in [0.1, 0.15) is 0 Å². The highest BCUT2D eigenvalue weighted by Gasteiger charge is 2.37. The molecule has 0 fully saturated rings. The molecule has 45 heavy (non-hydrogen) atoms. The Morgan fingerprint density at radius 3 is 1.47 bits per heavy atom. The molecule has 4 rings (SSSR count). The van der Waals surface area contributed by atoms with Gasteiger partial charge in [0.05, 0.1) is 38.6 Å². The first kappa shape index (κ1) is 35.0. The third-order valence-corrected chi connectivity index (χ3v) is 11.9. The number of benzene rings is 4. The van der Waals surface area contributed by atoms with Crippen LogP contribution in [0.2, 0.25) is 18.1 Å². The van der Waals surface area contributed by atoms with Crippen LogP contribution in [0.25, 0.3) is 0 Å². The van der Waals surface area contributed by atoms with Gasteiger partial charge in [0, 0.05) is 0 Å². The van der Waals surface area contributed by atoms with Gasteiger partial charge >= 0.3 is 11.9 Å². The Bertz CT molecular complexity index is 1550. The fraction of sp³-hybridized carbons (Fsp3) is 0.278. The van der Waals surface area contributed by atoms with E-state index in [0.29, 0.717) is 46.3 Å². The number of esters is 2. The van der Waals surface area contributed by atoms with Gasteiger partial charge in [0.2, 0.25) is 0 Å². The highest BCUT2D eigenvalue weighted by atomic mass is 28.4. The summed E-state index contributed by atoms with van der Waals surface area (Å²) in [4.78, 5) is 24.1. The Kier molecular flexibility index (Phi) is 12.5. The largest absolute Gasteiger partial charge is 0.493 e. The molecule has 238 valence electrons. The highest BCUT2D eigenvalue weighted by molar-refractivity contribution is 6.74. The van der Waals surface area contributed by atoms with Crippen LogP contribution in [0.4, 0.5) is 0 Å². The third-order valence-electron chi connectivity index (χ3n) is 7.47. The van der Waals surface area contributed by atoms with Crippen molar-refractivity contribution in [1.29, 1.82) is 0 Å². The maximum atomic E-state index is 12.2. The number of carbonyl (C=O) groups excluding carboxylic acids is 2. The second-order valence-electron chi connectivity index (χ2n) is 11.7. The summed E-state index contributed by atoms with van der Waals surface area (Å²) < 4.78 is 27.5. The minimum atomic E-state index is -1.83. The molecule has 0 heterocycles. The fourth-order valence-electron chi connectivity index (χ4n) is 3.73. The Balaban J connectivity index is 0.000000257. The van der Waals surface area contributed by atoms with Crippen LogP contribution in [-0.2, 0) is 17.6 Å². The van der Waals surface area contributed by atoms with Gasteiger partial charge in [0.25, 0.3) is 0 Å². The van der Waals surface area contributed by atoms with Gasteiger partial charge in [-0.15, -0.1) is 0 Å². The maximum Gasteiger partial charge on any atom is 0.343 e. The van der Waals surface area contributed by atoms with Crippen LogP contribution < -0.4 is 18.9 Å². The molecule has 0 unspecified atom stereocenters. The van der Waals surface area contributed by atoms with E-state index in [2.05, 4.69) is 33.9 Å². The zero-order chi connectivity index (χ0) is 33.0. The molecule has 0 aromatic heterocycles. The van der Waals surface area contributed by atoms with Crippen LogP contribution in [0, 0.1) is 0 Å². The predicted octanol–water partition coefficient (Wildman–Crippen LogP) is 7.84. The topological polar surface area (TPSA) is 101 Å². The molecule has 4 aromatic carbocycles. The monoisotopic (exact) mass is 630 g/mol. The molecule has 1 N–H and O–H groups in total. The minimum absolute atomic E-state index is 0.0940. The van der Waals surface area contributed by atoms with Crippen molar-refractivity contribution in [3.63, 3.8) is 0 Å². The van der Waals surface area contributed by atoms with E-state index in [1.807, 2.05) is 24.3 Å². The number of aliphatic hydroxyl groups excluding tert-OH is 1. The molecule has 4 aromatic rings. The molecule has 0 saturated heterocycles. The van der Waals surface area contributed by atoms with E-state index in [1.54, 1.807) is 79.9 Å². The van der Waals surface area contributed by atoms with E-state index >= 15 is 0 Å². The Labute approximate surface area is 266 Å². The van der Waals surface area contributed by atoms with Crippen LogP contribution >= 0.6 is 0 Å². The number of carbonyl (C=O) groups is 2. The smallest absolute Gasteiger partial charge is 0.343 e. The summed E-state index contributed by atoms with van der Waals surface area (Å²) in [7, 11) is 1.22. The number of hydrogen-bond donors (Lipinski definition) is 1. The van der Waals surface area contributed by atoms with E-state index < -0.39 is 20.3 Å². The molecule has 9 heteroatoms. The van der Waals surface area contributed by atoms with Crippen LogP contribution in [0.3, 0.4) is 0 Å². The van der Waals surface area contributed by atoms with Crippen molar-refractivity contribution in [3.05, 3.63) is 119 Å². The van der Waals surface area contributed by atoms with E-state index in [-0.39, 0.29) is 11.6 Å². The Morgan fingerprint density at radius 1 is 0.644 bits per heavy atom. The summed E-state index contributed by atoms with van der Waals surface area (Å²) >= 11 is 0. The third kappa shape index (κ3) is 10.0. The normalized spacial score (nSPS) is 11.1. The number of aliphatic hydroxyl groups is 1. The summed E-state index contributed by atoms with van der Waals surface area (Å²) in [5.74, 6) is 0.803. The number of ether oxygens (including phenoxy) is 4. The van der Waals surface area contributed by atoms with Gasteiger partial charge in [-0.05, 0) is 77.8 Å². The lowest BCUT2D eigenvalue weighted by molar-refractivity contribution is 0.0720. The average Bonchev–Trinajstić information content (AvgIpc) is 3.05. The van der Waals surface area contributed by atoms with Crippen LogP contribution in [-0.4, -0.2) is 39.6 Å². The second kappa shape index (κ2) is 16.0. The first-order valence-corrected chi connectivity index (χ1v) is 17.4. The van der Waals surface area contributed by atoms with E-state index in [1.165, 1.54) is 7.11 Å². The Hall–Kier alpha value is -4.44. The lowest BCUT2D eigenvalue weighted by Gasteiger charge is -2.36.